The van der Waals surface area contributed by atoms with Crippen molar-refractivity contribution in [2.45, 2.75) is 26.0 Å². The van der Waals surface area contributed by atoms with Gasteiger partial charge in [-0.1, -0.05) is 28.4 Å². The number of amides is 1. The molecule has 1 amide bonds. The Kier molecular flexibility index (Phi) is 4.51. The lowest BCUT2D eigenvalue weighted by Gasteiger charge is -2.11. The predicted molar refractivity (Wildman–Crippen MR) is 80.4 cm³/mol. The minimum absolute atomic E-state index is 0.0245. The van der Waals surface area contributed by atoms with Gasteiger partial charge in [-0.15, -0.1) is 5.10 Å². The molecule has 8 heteroatoms. The van der Waals surface area contributed by atoms with E-state index in [0.29, 0.717) is 21.4 Å². The normalized spacial score (nSPS) is 11.5. The van der Waals surface area contributed by atoms with Gasteiger partial charge in [0.05, 0.1) is 16.2 Å². The van der Waals surface area contributed by atoms with E-state index < -0.39 is 5.60 Å². The van der Waals surface area contributed by atoms with E-state index in [1.54, 1.807) is 32.0 Å². The molecule has 0 aliphatic heterocycles. The zero-order chi connectivity index (χ0) is 15.6. The molecule has 1 aromatic heterocycles. The highest BCUT2D eigenvalue weighted by Gasteiger charge is 2.20. The monoisotopic (exact) mass is 328 g/mol. The minimum Gasteiger partial charge on any atom is -0.384 e. The van der Waals surface area contributed by atoms with Crippen LogP contribution in [0.15, 0.2) is 24.4 Å². The topological polar surface area (TPSA) is 80.0 Å². The molecule has 0 unspecified atom stereocenters. The first-order valence-corrected chi connectivity index (χ1v) is 6.89. The molecule has 6 nitrogen and oxygen atoms in total. The third kappa shape index (κ3) is 4.17. The molecule has 0 spiro atoms. The van der Waals surface area contributed by atoms with Crippen molar-refractivity contribution < 1.29 is 9.90 Å². The zero-order valence-electron chi connectivity index (χ0n) is 11.5. The molecular weight excluding hydrogens is 315 g/mol. The van der Waals surface area contributed by atoms with Crippen LogP contribution < -0.4 is 5.32 Å². The van der Waals surface area contributed by atoms with Crippen molar-refractivity contribution in [2.24, 2.45) is 0 Å². The van der Waals surface area contributed by atoms with Gasteiger partial charge in [-0.3, -0.25) is 4.79 Å². The summed E-state index contributed by atoms with van der Waals surface area (Å²) in [6, 6.07) is 4.81. The van der Waals surface area contributed by atoms with Gasteiger partial charge in [0.1, 0.15) is 17.8 Å². The Morgan fingerprint density at radius 3 is 2.67 bits per heavy atom. The highest BCUT2D eigenvalue weighted by molar-refractivity contribution is 6.42. The lowest BCUT2D eigenvalue weighted by atomic mass is 10.1. The van der Waals surface area contributed by atoms with Crippen LogP contribution in [-0.2, 0) is 16.9 Å². The maximum Gasteiger partial charge on any atom is 0.246 e. The van der Waals surface area contributed by atoms with Crippen molar-refractivity contribution in [1.82, 2.24) is 15.0 Å². The van der Waals surface area contributed by atoms with Gasteiger partial charge in [0, 0.05) is 5.69 Å². The van der Waals surface area contributed by atoms with Gasteiger partial charge in [0.2, 0.25) is 5.91 Å². The number of hydrogen-bond acceptors (Lipinski definition) is 4. The first-order valence-electron chi connectivity index (χ1n) is 6.13. The van der Waals surface area contributed by atoms with E-state index in [1.165, 1.54) is 10.9 Å². The number of rotatable bonds is 4. The van der Waals surface area contributed by atoms with Gasteiger partial charge in [-0.25, -0.2) is 4.68 Å². The minimum atomic E-state index is -1.10. The second-order valence-electron chi connectivity index (χ2n) is 5.04. The Labute approximate surface area is 131 Å². The number of carbonyl (C=O) groups is 1. The van der Waals surface area contributed by atoms with Crippen LogP contribution in [-0.4, -0.2) is 26.0 Å². The summed E-state index contributed by atoms with van der Waals surface area (Å²) in [7, 11) is 0. The summed E-state index contributed by atoms with van der Waals surface area (Å²) in [6.45, 7) is 3.16. The van der Waals surface area contributed by atoms with Crippen LogP contribution in [0.4, 0.5) is 5.69 Å². The summed E-state index contributed by atoms with van der Waals surface area (Å²) in [5, 5.41) is 20.8. The molecule has 112 valence electrons. The summed E-state index contributed by atoms with van der Waals surface area (Å²) in [6.07, 6.45) is 1.52. The molecule has 0 atom stereocenters. The number of hydrogen-bond donors (Lipinski definition) is 2. The summed E-state index contributed by atoms with van der Waals surface area (Å²) in [5.41, 5.74) is -0.166. The van der Waals surface area contributed by atoms with E-state index >= 15 is 0 Å². The number of halogens is 2. The summed E-state index contributed by atoms with van der Waals surface area (Å²) in [5.74, 6) is -0.291. The highest BCUT2D eigenvalue weighted by atomic mass is 35.5. The Morgan fingerprint density at radius 2 is 2.10 bits per heavy atom. The molecule has 0 aliphatic rings. The SMILES string of the molecule is CC(C)(O)c1cn(CC(=O)Nc2ccc(Cl)c(Cl)c2)nn1. The molecule has 0 aliphatic carbocycles. The third-order valence-electron chi connectivity index (χ3n) is 2.67. The van der Waals surface area contributed by atoms with Crippen LogP contribution in [0.25, 0.3) is 0 Å². The Bertz CT molecular complexity index is 664. The van der Waals surface area contributed by atoms with E-state index in [9.17, 15) is 9.90 Å². The molecule has 1 heterocycles. The molecule has 2 N–H and O–H groups in total. The fourth-order valence-corrected chi connectivity index (χ4v) is 1.88. The fourth-order valence-electron chi connectivity index (χ4n) is 1.58. The average Bonchev–Trinajstić information content (AvgIpc) is 2.82. The summed E-state index contributed by atoms with van der Waals surface area (Å²) >= 11 is 11.7. The molecule has 0 radical (unpaired) electrons. The van der Waals surface area contributed by atoms with Crippen LogP contribution in [0.3, 0.4) is 0 Å². The predicted octanol–water partition coefficient (Wildman–Crippen LogP) is 2.45. The summed E-state index contributed by atoms with van der Waals surface area (Å²) < 4.78 is 1.35. The number of aromatic nitrogens is 3. The number of anilines is 1. The fraction of sp³-hybridized carbons (Fsp3) is 0.308. The summed E-state index contributed by atoms with van der Waals surface area (Å²) in [4.78, 5) is 11.9. The highest BCUT2D eigenvalue weighted by Crippen LogP contribution is 2.25. The van der Waals surface area contributed by atoms with Crippen LogP contribution >= 0.6 is 23.2 Å². The number of nitrogens with zero attached hydrogens (tertiary/aromatic N) is 3. The molecular formula is C13H14Cl2N4O2. The maximum absolute atomic E-state index is 11.9. The average molecular weight is 329 g/mol. The zero-order valence-corrected chi connectivity index (χ0v) is 13.0. The van der Waals surface area contributed by atoms with Gasteiger partial charge < -0.3 is 10.4 Å². The molecule has 2 rings (SSSR count). The molecule has 2 aromatic rings. The van der Waals surface area contributed by atoms with Crippen LogP contribution in [0.5, 0.6) is 0 Å². The second-order valence-corrected chi connectivity index (χ2v) is 5.85. The van der Waals surface area contributed by atoms with E-state index in [1.807, 2.05) is 0 Å². The Hall–Kier alpha value is -1.63. The molecule has 0 saturated carbocycles. The van der Waals surface area contributed by atoms with E-state index in [2.05, 4.69) is 15.6 Å². The molecule has 0 bridgehead atoms. The van der Waals surface area contributed by atoms with Gasteiger partial charge in [0.25, 0.3) is 0 Å². The lowest BCUT2D eigenvalue weighted by molar-refractivity contribution is -0.116. The smallest absolute Gasteiger partial charge is 0.246 e. The van der Waals surface area contributed by atoms with Crippen molar-refractivity contribution >= 4 is 34.8 Å². The van der Waals surface area contributed by atoms with Gasteiger partial charge in [-0.05, 0) is 32.0 Å². The largest absolute Gasteiger partial charge is 0.384 e. The standard InChI is InChI=1S/C13H14Cl2N4O2/c1-13(2,21)11-6-19(18-17-11)7-12(20)16-8-3-4-9(14)10(15)5-8/h3-6,21H,7H2,1-2H3,(H,16,20). The number of benzene rings is 1. The lowest BCUT2D eigenvalue weighted by Crippen LogP contribution is -2.19. The molecule has 21 heavy (non-hydrogen) atoms. The number of aliphatic hydroxyl groups is 1. The Morgan fingerprint density at radius 1 is 1.38 bits per heavy atom. The van der Waals surface area contributed by atoms with Crippen molar-refractivity contribution in [3.63, 3.8) is 0 Å². The van der Waals surface area contributed by atoms with E-state index in [-0.39, 0.29) is 12.5 Å². The van der Waals surface area contributed by atoms with Crippen molar-refractivity contribution in [3.8, 4) is 0 Å². The van der Waals surface area contributed by atoms with Gasteiger partial charge in [0.15, 0.2) is 0 Å². The quantitative estimate of drug-likeness (QED) is 0.903. The molecule has 0 fully saturated rings. The van der Waals surface area contributed by atoms with E-state index in [4.69, 9.17) is 23.2 Å². The van der Waals surface area contributed by atoms with Crippen molar-refractivity contribution in [2.75, 3.05) is 5.32 Å². The second kappa shape index (κ2) is 6.01. The first-order chi connectivity index (χ1) is 9.75. The maximum atomic E-state index is 11.9. The Balaban J connectivity index is 2.01. The number of carbonyl (C=O) groups excluding carboxylic acids is 1. The number of nitrogens with one attached hydrogen (secondary N) is 1. The first kappa shape index (κ1) is 15.8. The third-order valence-corrected chi connectivity index (χ3v) is 3.41. The van der Waals surface area contributed by atoms with E-state index in [0.717, 1.165) is 0 Å². The van der Waals surface area contributed by atoms with Gasteiger partial charge >= 0.3 is 0 Å². The molecule has 0 saturated heterocycles. The molecule has 1 aromatic carbocycles. The van der Waals surface area contributed by atoms with Crippen LogP contribution in [0, 0.1) is 0 Å². The van der Waals surface area contributed by atoms with Crippen LogP contribution in [0.1, 0.15) is 19.5 Å². The van der Waals surface area contributed by atoms with Crippen LogP contribution in [0.2, 0.25) is 10.0 Å². The van der Waals surface area contributed by atoms with Crippen molar-refractivity contribution in [3.05, 3.63) is 40.1 Å². The van der Waals surface area contributed by atoms with Crippen molar-refractivity contribution in [1.29, 1.82) is 0 Å². The van der Waals surface area contributed by atoms with Gasteiger partial charge in [-0.2, -0.15) is 0 Å².